The Hall–Kier alpha value is -3.20. The molecule has 2 unspecified atom stereocenters. The van der Waals surface area contributed by atoms with Gasteiger partial charge in [-0.1, -0.05) is 44.2 Å². The van der Waals surface area contributed by atoms with Crippen molar-refractivity contribution >= 4 is 35.0 Å². The van der Waals surface area contributed by atoms with Crippen molar-refractivity contribution in [3.05, 3.63) is 57.8 Å². The van der Waals surface area contributed by atoms with E-state index in [-0.39, 0.29) is 18.9 Å². The fourth-order valence-corrected chi connectivity index (χ4v) is 4.54. The van der Waals surface area contributed by atoms with E-state index in [0.717, 1.165) is 28.8 Å². The predicted octanol–water partition coefficient (Wildman–Crippen LogP) is 2.36. The maximum absolute atomic E-state index is 13.1. The van der Waals surface area contributed by atoms with Crippen molar-refractivity contribution in [3.63, 3.8) is 0 Å². The summed E-state index contributed by atoms with van der Waals surface area (Å²) in [5.41, 5.74) is 1.77. The molecule has 3 amide bonds. The van der Waals surface area contributed by atoms with Gasteiger partial charge < -0.3 is 20.7 Å². The third kappa shape index (κ3) is 6.89. The molecule has 0 saturated heterocycles. The Morgan fingerprint density at radius 3 is 2.67 bits per heavy atom. The van der Waals surface area contributed by atoms with Crippen LogP contribution in [0.15, 0.2) is 41.8 Å². The number of carbonyl (C=O) groups excluding carboxylic acids is 4. The number of amides is 3. The van der Waals surface area contributed by atoms with Crippen LogP contribution in [0.25, 0.3) is 0 Å². The van der Waals surface area contributed by atoms with E-state index in [1.807, 2.05) is 41.8 Å². The molecule has 0 fully saturated rings. The third-order valence-corrected chi connectivity index (χ3v) is 6.44. The fraction of sp³-hybridized carbons (Fsp3) is 0.417. The van der Waals surface area contributed by atoms with E-state index in [1.165, 1.54) is 0 Å². The van der Waals surface area contributed by atoms with E-state index >= 15 is 0 Å². The molecule has 33 heavy (non-hydrogen) atoms. The highest BCUT2D eigenvalue weighted by Gasteiger charge is 2.32. The van der Waals surface area contributed by atoms with Crippen LogP contribution in [0.2, 0.25) is 0 Å². The summed E-state index contributed by atoms with van der Waals surface area (Å²) in [5.74, 6) is -2.22. The molecule has 2 atom stereocenters. The normalized spacial score (nSPS) is 17.5. The summed E-state index contributed by atoms with van der Waals surface area (Å²) in [4.78, 5) is 51.6. The van der Waals surface area contributed by atoms with Gasteiger partial charge in [-0.15, -0.1) is 11.3 Å². The van der Waals surface area contributed by atoms with Crippen molar-refractivity contribution < 1.29 is 23.9 Å². The largest absolute Gasteiger partial charge is 0.445 e. The Morgan fingerprint density at radius 2 is 1.94 bits per heavy atom. The Bertz CT molecular complexity index is 989. The zero-order valence-electron chi connectivity index (χ0n) is 18.8. The minimum atomic E-state index is -1.02. The molecule has 1 aromatic carbocycles. The summed E-state index contributed by atoms with van der Waals surface area (Å²) < 4.78 is 5.23. The van der Waals surface area contributed by atoms with Crippen LogP contribution >= 0.6 is 11.3 Å². The van der Waals surface area contributed by atoms with Crippen LogP contribution in [-0.4, -0.2) is 42.3 Å². The van der Waals surface area contributed by atoms with Crippen LogP contribution in [-0.2, 0) is 38.6 Å². The standard InChI is InChI=1S/C24H29N3O5S/c1-15(2)20(27-24(31)32-14-16-7-4-3-5-8-16)22(29)26-18-13-17-10-12-33-19(17)9-6-11-25-23(30)21(18)28/h3-5,7-8,10,12,15,18,20H,6,9,11,13-14H2,1-2H3,(H,25,30)(H,26,29)(H,27,31). The molecule has 0 aliphatic carbocycles. The number of ether oxygens (including phenoxy) is 1. The molecule has 176 valence electrons. The van der Waals surface area contributed by atoms with Crippen LogP contribution in [0.5, 0.6) is 0 Å². The van der Waals surface area contributed by atoms with E-state index in [0.29, 0.717) is 6.54 Å². The Balaban J connectivity index is 1.67. The van der Waals surface area contributed by atoms with Gasteiger partial charge in [0.1, 0.15) is 18.7 Å². The number of carbonyl (C=O) groups is 4. The van der Waals surface area contributed by atoms with Crippen LogP contribution in [0, 0.1) is 5.92 Å². The molecule has 2 aromatic rings. The molecule has 3 N–H and O–H groups in total. The molecule has 0 bridgehead atoms. The minimum absolute atomic E-state index is 0.0708. The first-order chi connectivity index (χ1) is 15.8. The van der Waals surface area contributed by atoms with Gasteiger partial charge >= 0.3 is 6.09 Å². The van der Waals surface area contributed by atoms with Crippen molar-refractivity contribution in [1.82, 2.24) is 16.0 Å². The van der Waals surface area contributed by atoms with E-state index in [1.54, 1.807) is 25.2 Å². The molecular weight excluding hydrogens is 442 g/mol. The van der Waals surface area contributed by atoms with Crippen LogP contribution in [0.3, 0.4) is 0 Å². The second kappa shape index (κ2) is 11.6. The molecule has 1 aromatic heterocycles. The van der Waals surface area contributed by atoms with Gasteiger partial charge in [-0.3, -0.25) is 14.4 Å². The van der Waals surface area contributed by atoms with Crippen molar-refractivity contribution in [2.75, 3.05) is 6.54 Å². The number of rotatable bonds is 6. The lowest BCUT2D eigenvalue weighted by Crippen LogP contribution is -2.56. The molecule has 8 nitrogen and oxygen atoms in total. The fourth-order valence-electron chi connectivity index (χ4n) is 3.58. The lowest BCUT2D eigenvalue weighted by Gasteiger charge is -2.25. The monoisotopic (exact) mass is 471 g/mol. The molecule has 0 radical (unpaired) electrons. The van der Waals surface area contributed by atoms with Gasteiger partial charge in [0, 0.05) is 17.8 Å². The maximum Gasteiger partial charge on any atom is 0.408 e. The number of Topliss-reactive ketones (excluding diaryl/α,β-unsaturated/α-hetero) is 1. The van der Waals surface area contributed by atoms with Gasteiger partial charge in [-0.2, -0.15) is 0 Å². The van der Waals surface area contributed by atoms with Crippen molar-refractivity contribution in [3.8, 4) is 0 Å². The number of aryl methyl sites for hydroxylation is 1. The zero-order chi connectivity index (χ0) is 23.8. The van der Waals surface area contributed by atoms with Gasteiger partial charge in [0.25, 0.3) is 5.91 Å². The summed E-state index contributed by atoms with van der Waals surface area (Å²) in [5, 5.41) is 9.84. The summed E-state index contributed by atoms with van der Waals surface area (Å²) in [6.07, 6.45) is 1.03. The number of alkyl carbamates (subject to hydrolysis) is 1. The van der Waals surface area contributed by atoms with Gasteiger partial charge in [0.05, 0.1) is 0 Å². The highest BCUT2D eigenvalue weighted by atomic mass is 32.1. The first kappa shape index (κ1) is 24.4. The third-order valence-electron chi connectivity index (χ3n) is 5.42. The molecule has 2 heterocycles. The lowest BCUT2D eigenvalue weighted by atomic mass is 9.98. The molecule has 1 aliphatic heterocycles. The maximum atomic E-state index is 13.1. The first-order valence-electron chi connectivity index (χ1n) is 11.0. The Kier molecular flexibility index (Phi) is 8.59. The van der Waals surface area contributed by atoms with Crippen LogP contribution in [0.1, 0.15) is 36.3 Å². The van der Waals surface area contributed by atoms with Gasteiger partial charge in [-0.05, 0) is 41.3 Å². The molecular formula is C24H29N3O5S. The van der Waals surface area contributed by atoms with Crippen molar-refractivity contribution in [2.45, 2.75) is 51.8 Å². The van der Waals surface area contributed by atoms with Crippen molar-refractivity contribution in [1.29, 1.82) is 0 Å². The molecule has 1 aliphatic rings. The SMILES string of the molecule is CC(C)C(NC(=O)OCc1ccccc1)C(=O)NC1Cc2ccsc2CCCNC(=O)C1=O. The first-order valence-corrected chi connectivity index (χ1v) is 11.9. The Labute approximate surface area is 197 Å². The number of benzene rings is 1. The number of hydrogen-bond acceptors (Lipinski definition) is 6. The van der Waals surface area contributed by atoms with Crippen LogP contribution < -0.4 is 16.0 Å². The zero-order valence-corrected chi connectivity index (χ0v) is 19.6. The second-order valence-electron chi connectivity index (χ2n) is 8.29. The topological polar surface area (TPSA) is 114 Å². The molecule has 3 rings (SSSR count). The molecule has 9 heteroatoms. The number of thiophene rings is 1. The average Bonchev–Trinajstić information content (AvgIpc) is 3.24. The van der Waals surface area contributed by atoms with Gasteiger partial charge in [0.15, 0.2) is 0 Å². The van der Waals surface area contributed by atoms with E-state index in [2.05, 4.69) is 16.0 Å². The minimum Gasteiger partial charge on any atom is -0.445 e. The van der Waals surface area contributed by atoms with E-state index in [4.69, 9.17) is 4.74 Å². The van der Waals surface area contributed by atoms with E-state index < -0.39 is 35.8 Å². The average molecular weight is 472 g/mol. The number of fused-ring (bicyclic) bond motifs is 1. The predicted molar refractivity (Wildman–Crippen MR) is 125 cm³/mol. The Morgan fingerprint density at radius 1 is 1.18 bits per heavy atom. The number of hydrogen-bond donors (Lipinski definition) is 3. The lowest BCUT2D eigenvalue weighted by molar-refractivity contribution is -0.140. The summed E-state index contributed by atoms with van der Waals surface area (Å²) in [6, 6.07) is 9.17. The summed E-state index contributed by atoms with van der Waals surface area (Å²) in [7, 11) is 0. The summed E-state index contributed by atoms with van der Waals surface area (Å²) in [6.45, 7) is 4.02. The van der Waals surface area contributed by atoms with Crippen LogP contribution in [0.4, 0.5) is 4.79 Å². The van der Waals surface area contributed by atoms with E-state index in [9.17, 15) is 19.2 Å². The van der Waals surface area contributed by atoms with Gasteiger partial charge in [-0.25, -0.2) is 4.79 Å². The summed E-state index contributed by atoms with van der Waals surface area (Å²) >= 11 is 1.60. The number of ketones is 1. The number of nitrogens with one attached hydrogen (secondary N) is 3. The second-order valence-corrected chi connectivity index (χ2v) is 9.29. The smallest absolute Gasteiger partial charge is 0.408 e. The quantitative estimate of drug-likeness (QED) is 0.560. The molecule has 0 saturated carbocycles. The highest BCUT2D eigenvalue weighted by Crippen LogP contribution is 2.21. The van der Waals surface area contributed by atoms with Crippen molar-refractivity contribution in [2.24, 2.45) is 5.92 Å². The van der Waals surface area contributed by atoms with Gasteiger partial charge in [0.2, 0.25) is 11.7 Å². The highest BCUT2D eigenvalue weighted by molar-refractivity contribution is 7.10. The molecule has 0 spiro atoms.